The van der Waals surface area contributed by atoms with E-state index in [1.165, 1.54) is 51.2 Å². The standard InChI is InChI=1S/C32H36O6/c1-19(35-2)37-18-38-30-13-23-5-4-6-25(24-7-8-26(29(33)12-24)31(34)36-3)27(23)14-28(30)32-15-20-9-21(16-32)11-22(10-20)17-32/h4-8,12-14,19-22,33H,9-11,15-18H2,1-3H3. The van der Waals surface area contributed by atoms with Crippen molar-refractivity contribution in [2.24, 2.45) is 17.8 Å². The second kappa shape index (κ2) is 9.90. The Hall–Kier alpha value is -3.09. The molecular formula is C32H36O6. The molecular weight excluding hydrogens is 480 g/mol. The Morgan fingerprint density at radius 1 is 1.00 bits per heavy atom. The fourth-order valence-electron chi connectivity index (χ4n) is 7.77. The molecule has 0 heterocycles. The number of fused-ring (bicyclic) bond motifs is 1. The number of carbonyl (C=O) groups excluding carboxylic acids is 1. The lowest BCUT2D eigenvalue weighted by Crippen LogP contribution is -2.48. The highest BCUT2D eigenvalue weighted by Crippen LogP contribution is 2.62. The molecule has 0 spiro atoms. The van der Waals surface area contributed by atoms with Gasteiger partial charge in [0.2, 0.25) is 0 Å². The van der Waals surface area contributed by atoms with Crippen LogP contribution in [-0.4, -0.2) is 38.4 Å². The maximum absolute atomic E-state index is 12.0. The van der Waals surface area contributed by atoms with Gasteiger partial charge in [0.05, 0.1) is 7.11 Å². The molecule has 6 heteroatoms. The number of phenols is 1. The van der Waals surface area contributed by atoms with Crippen LogP contribution in [0.3, 0.4) is 0 Å². The molecule has 1 unspecified atom stereocenters. The van der Waals surface area contributed by atoms with Gasteiger partial charge in [-0.15, -0.1) is 0 Å². The number of esters is 1. The van der Waals surface area contributed by atoms with Gasteiger partial charge >= 0.3 is 5.97 Å². The van der Waals surface area contributed by atoms with E-state index in [4.69, 9.17) is 18.9 Å². The summed E-state index contributed by atoms with van der Waals surface area (Å²) in [5, 5.41) is 12.8. The van der Waals surface area contributed by atoms with Gasteiger partial charge in [0, 0.05) is 12.7 Å². The maximum atomic E-state index is 12.0. The highest BCUT2D eigenvalue weighted by Gasteiger charge is 2.52. The quantitative estimate of drug-likeness (QED) is 0.262. The van der Waals surface area contributed by atoms with Gasteiger partial charge in [0.15, 0.2) is 13.1 Å². The van der Waals surface area contributed by atoms with Crippen LogP contribution in [0.4, 0.5) is 0 Å². The first kappa shape index (κ1) is 25.2. The third kappa shape index (κ3) is 4.44. The van der Waals surface area contributed by atoms with Gasteiger partial charge in [0.25, 0.3) is 0 Å². The van der Waals surface area contributed by atoms with E-state index in [0.29, 0.717) is 0 Å². The van der Waals surface area contributed by atoms with E-state index in [-0.39, 0.29) is 29.8 Å². The summed E-state index contributed by atoms with van der Waals surface area (Å²) in [6.45, 7) is 1.99. The van der Waals surface area contributed by atoms with E-state index in [9.17, 15) is 9.90 Å². The highest BCUT2D eigenvalue weighted by molar-refractivity contribution is 5.99. The molecule has 0 amide bonds. The summed E-state index contributed by atoms with van der Waals surface area (Å²) in [5.41, 5.74) is 3.42. The number of methoxy groups -OCH3 is 2. The van der Waals surface area contributed by atoms with Crippen LogP contribution in [-0.2, 0) is 19.6 Å². The Bertz CT molecular complexity index is 1330. The van der Waals surface area contributed by atoms with Crippen LogP contribution in [0.2, 0.25) is 0 Å². The monoisotopic (exact) mass is 516 g/mol. The van der Waals surface area contributed by atoms with E-state index in [0.717, 1.165) is 45.4 Å². The molecule has 0 saturated heterocycles. The number of hydrogen-bond donors (Lipinski definition) is 1. The van der Waals surface area contributed by atoms with Crippen LogP contribution >= 0.6 is 0 Å². The minimum Gasteiger partial charge on any atom is -0.507 e. The predicted molar refractivity (Wildman–Crippen MR) is 145 cm³/mol. The third-order valence-corrected chi connectivity index (χ3v) is 9.15. The normalized spacial score (nSPS) is 26.4. The number of aromatic hydroxyl groups is 1. The summed E-state index contributed by atoms with van der Waals surface area (Å²) in [6.07, 6.45) is 7.41. The summed E-state index contributed by atoms with van der Waals surface area (Å²) in [7, 11) is 2.94. The number of phenolic OH excluding ortho intramolecular Hbond substituents is 1. The lowest BCUT2D eigenvalue weighted by Gasteiger charge is -2.57. The fraction of sp³-hybridized carbons (Fsp3) is 0.469. The largest absolute Gasteiger partial charge is 0.507 e. The van der Waals surface area contributed by atoms with Crippen molar-refractivity contribution in [2.75, 3.05) is 21.0 Å². The van der Waals surface area contributed by atoms with Crippen LogP contribution < -0.4 is 4.74 Å². The van der Waals surface area contributed by atoms with Gasteiger partial charge in [-0.05, 0) is 115 Å². The number of carbonyl (C=O) groups is 1. The summed E-state index contributed by atoms with van der Waals surface area (Å²) in [4.78, 5) is 12.0. The average Bonchev–Trinajstić information content (AvgIpc) is 2.91. The van der Waals surface area contributed by atoms with E-state index in [1.807, 2.05) is 19.1 Å². The highest BCUT2D eigenvalue weighted by atomic mass is 16.7. The second-order valence-corrected chi connectivity index (χ2v) is 11.5. The Labute approximate surface area is 223 Å². The van der Waals surface area contributed by atoms with E-state index in [1.54, 1.807) is 19.2 Å². The minimum atomic E-state index is -0.553. The van der Waals surface area contributed by atoms with Crippen LogP contribution in [0.15, 0.2) is 48.5 Å². The van der Waals surface area contributed by atoms with Gasteiger partial charge in [-0.25, -0.2) is 4.79 Å². The molecule has 0 radical (unpaired) electrons. The Morgan fingerprint density at radius 3 is 2.34 bits per heavy atom. The lowest BCUT2D eigenvalue weighted by molar-refractivity contribution is -0.150. The second-order valence-electron chi connectivity index (χ2n) is 11.5. The molecule has 4 saturated carbocycles. The van der Waals surface area contributed by atoms with Crippen molar-refractivity contribution in [3.05, 3.63) is 59.7 Å². The SMILES string of the molecule is COC(=O)c1ccc(-c2cccc3cc(OCOC(C)OC)c(C45CC6CC(CC(C6)C4)C5)cc23)cc1O. The predicted octanol–water partition coefficient (Wildman–Crippen LogP) is 6.81. The van der Waals surface area contributed by atoms with E-state index < -0.39 is 5.97 Å². The van der Waals surface area contributed by atoms with Crippen LogP contribution in [0.25, 0.3) is 21.9 Å². The van der Waals surface area contributed by atoms with Crippen LogP contribution in [0, 0.1) is 17.8 Å². The van der Waals surface area contributed by atoms with Crippen molar-refractivity contribution in [1.29, 1.82) is 0 Å². The zero-order valence-electron chi connectivity index (χ0n) is 22.4. The van der Waals surface area contributed by atoms with Gasteiger partial charge in [-0.2, -0.15) is 0 Å². The molecule has 1 atom stereocenters. The molecule has 6 nitrogen and oxygen atoms in total. The zero-order chi connectivity index (χ0) is 26.4. The summed E-state index contributed by atoms with van der Waals surface area (Å²) in [6, 6.07) is 15.8. The van der Waals surface area contributed by atoms with Crippen molar-refractivity contribution in [3.8, 4) is 22.6 Å². The molecule has 0 aliphatic heterocycles. The molecule has 4 bridgehead atoms. The molecule has 0 aromatic heterocycles. The molecule has 3 aromatic carbocycles. The van der Waals surface area contributed by atoms with E-state index in [2.05, 4.69) is 24.3 Å². The Morgan fingerprint density at radius 2 is 1.71 bits per heavy atom. The van der Waals surface area contributed by atoms with Gasteiger partial charge in [-0.3, -0.25) is 0 Å². The smallest absolute Gasteiger partial charge is 0.341 e. The van der Waals surface area contributed by atoms with Crippen molar-refractivity contribution in [3.63, 3.8) is 0 Å². The first-order chi connectivity index (χ1) is 18.4. The summed E-state index contributed by atoms with van der Waals surface area (Å²) >= 11 is 0. The summed E-state index contributed by atoms with van der Waals surface area (Å²) < 4.78 is 22.1. The lowest BCUT2D eigenvalue weighted by atomic mass is 9.48. The number of hydrogen-bond acceptors (Lipinski definition) is 6. The van der Waals surface area contributed by atoms with Crippen LogP contribution in [0.5, 0.6) is 11.5 Å². The number of ether oxygens (including phenoxy) is 4. The molecule has 200 valence electrons. The molecule has 4 fully saturated rings. The molecule has 4 aliphatic carbocycles. The minimum absolute atomic E-state index is 0.0861. The maximum Gasteiger partial charge on any atom is 0.341 e. The Balaban J connectivity index is 1.46. The summed E-state index contributed by atoms with van der Waals surface area (Å²) in [5.74, 6) is 2.65. The number of rotatable bonds is 8. The fourth-order valence-corrected chi connectivity index (χ4v) is 7.77. The van der Waals surface area contributed by atoms with Gasteiger partial charge in [0.1, 0.15) is 17.1 Å². The topological polar surface area (TPSA) is 74.2 Å². The van der Waals surface area contributed by atoms with Crippen molar-refractivity contribution in [1.82, 2.24) is 0 Å². The van der Waals surface area contributed by atoms with Gasteiger partial charge in [-0.1, -0.05) is 24.3 Å². The number of benzene rings is 3. The van der Waals surface area contributed by atoms with E-state index >= 15 is 0 Å². The zero-order valence-corrected chi connectivity index (χ0v) is 22.4. The van der Waals surface area contributed by atoms with Crippen molar-refractivity contribution < 1.29 is 28.8 Å². The first-order valence-corrected chi connectivity index (χ1v) is 13.7. The molecule has 38 heavy (non-hydrogen) atoms. The Kier molecular flexibility index (Phi) is 6.57. The molecule has 4 aliphatic rings. The molecule has 1 N–H and O–H groups in total. The van der Waals surface area contributed by atoms with Crippen molar-refractivity contribution >= 4 is 16.7 Å². The van der Waals surface area contributed by atoms with Crippen LogP contribution in [0.1, 0.15) is 61.4 Å². The van der Waals surface area contributed by atoms with Crippen molar-refractivity contribution in [2.45, 2.75) is 57.2 Å². The molecule has 3 aromatic rings. The van der Waals surface area contributed by atoms with Gasteiger partial charge < -0.3 is 24.1 Å². The molecule has 7 rings (SSSR count). The first-order valence-electron chi connectivity index (χ1n) is 13.7. The average molecular weight is 517 g/mol. The third-order valence-electron chi connectivity index (χ3n) is 9.15.